The van der Waals surface area contributed by atoms with Crippen LogP contribution in [-0.4, -0.2) is 33.5 Å². The van der Waals surface area contributed by atoms with Crippen LogP contribution in [0.4, 0.5) is 11.4 Å². The predicted molar refractivity (Wildman–Crippen MR) is 129 cm³/mol. The van der Waals surface area contributed by atoms with Crippen molar-refractivity contribution in [3.63, 3.8) is 0 Å². The molecule has 2 aliphatic heterocycles. The van der Waals surface area contributed by atoms with Crippen LogP contribution in [0.25, 0.3) is 0 Å². The molecule has 8 heteroatoms. The summed E-state index contributed by atoms with van der Waals surface area (Å²) in [5.74, 6) is 0.278. The van der Waals surface area contributed by atoms with E-state index in [1.54, 1.807) is 24.3 Å². The highest BCUT2D eigenvalue weighted by Gasteiger charge is 2.42. The number of nitrogens with zero attached hydrogens (tertiary/aromatic N) is 3. The summed E-state index contributed by atoms with van der Waals surface area (Å²) in [6.45, 7) is 0. The summed E-state index contributed by atoms with van der Waals surface area (Å²) in [6, 6.07) is 23.3. The van der Waals surface area contributed by atoms with Crippen LogP contribution in [0.1, 0.15) is 17.2 Å². The first kappa shape index (κ1) is 20.5. The first-order chi connectivity index (χ1) is 15.6. The van der Waals surface area contributed by atoms with Gasteiger partial charge in [0.2, 0.25) is 5.91 Å². The summed E-state index contributed by atoms with van der Waals surface area (Å²) in [7, 11) is 0. The van der Waals surface area contributed by atoms with Gasteiger partial charge in [0.15, 0.2) is 11.2 Å². The lowest BCUT2D eigenvalue weighted by atomic mass is 10.1. The van der Waals surface area contributed by atoms with Crippen molar-refractivity contribution in [2.24, 2.45) is 9.98 Å². The van der Waals surface area contributed by atoms with Gasteiger partial charge in [0, 0.05) is 16.3 Å². The normalized spacial score (nSPS) is 16.7. The number of rotatable bonds is 4. The molecule has 0 aliphatic carbocycles. The maximum atomic E-state index is 13.3. The lowest BCUT2D eigenvalue weighted by molar-refractivity contribution is -0.124. The molecule has 0 aromatic heterocycles. The summed E-state index contributed by atoms with van der Waals surface area (Å²) >= 11 is 7.10. The van der Waals surface area contributed by atoms with Crippen molar-refractivity contribution in [1.82, 2.24) is 4.90 Å². The first-order valence-corrected chi connectivity index (χ1v) is 11.3. The molecule has 6 nitrogen and oxygen atoms in total. The Morgan fingerprint density at radius 3 is 2.50 bits per heavy atom. The number of halogens is 1. The molecular formula is C24H17ClN4O2S. The molecule has 1 atom stereocenters. The highest BCUT2D eigenvalue weighted by atomic mass is 35.5. The molecule has 0 saturated carbocycles. The molecule has 0 spiro atoms. The number of amidine groups is 2. The van der Waals surface area contributed by atoms with Gasteiger partial charge in [0.05, 0.1) is 11.4 Å². The van der Waals surface area contributed by atoms with Crippen molar-refractivity contribution in [1.29, 1.82) is 0 Å². The number of hydrogen-bond acceptors (Lipinski definition) is 5. The molecule has 3 aromatic carbocycles. The lowest BCUT2D eigenvalue weighted by Gasteiger charge is -2.25. The van der Waals surface area contributed by atoms with Crippen LogP contribution in [0.15, 0.2) is 88.8 Å². The third-order valence-electron chi connectivity index (χ3n) is 5.05. The minimum atomic E-state index is -0.633. The van der Waals surface area contributed by atoms with Crippen LogP contribution >= 0.6 is 23.4 Å². The number of carbonyl (C=O) groups is 2. The topological polar surface area (TPSA) is 74.1 Å². The molecule has 0 saturated heterocycles. The van der Waals surface area contributed by atoms with Gasteiger partial charge >= 0.3 is 0 Å². The van der Waals surface area contributed by atoms with Gasteiger partial charge < -0.3 is 5.32 Å². The van der Waals surface area contributed by atoms with Crippen LogP contribution in [0.5, 0.6) is 0 Å². The van der Waals surface area contributed by atoms with E-state index in [0.717, 1.165) is 16.8 Å². The molecule has 2 heterocycles. The first-order valence-electron chi connectivity index (χ1n) is 9.93. The minimum Gasteiger partial charge on any atom is -0.325 e. The van der Waals surface area contributed by atoms with Crippen molar-refractivity contribution in [3.05, 3.63) is 95.0 Å². The Kier molecular flexibility index (Phi) is 5.51. The van der Waals surface area contributed by atoms with E-state index in [1.165, 1.54) is 16.7 Å². The third kappa shape index (κ3) is 3.92. The number of amides is 2. The van der Waals surface area contributed by atoms with Gasteiger partial charge in [-0.2, -0.15) is 0 Å². The number of nitrogens with one attached hydrogen (secondary N) is 1. The molecular weight excluding hydrogens is 444 g/mol. The molecule has 2 aliphatic rings. The van der Waals surface area contributed by atoms with Gasteiger partial charge in [0.1, 0.15) is 5.84 Å². The largest absolute Gasteiger partial charge is 0.325 e. The van der Waals surface area contributed by atoms with Gasteiger partial charge in [-0.15, -0.1) is 0 Å². The molecule has 158 valence electrons. The van der Waals surface area contributed by atoms with Gasteiger partial charge in [-0.3, -0.25) is 9.59 Å². The third-order valence-corrected chi connectivity index (χ3v) is 6.24. The number of carbonyl (C=O) groups excluding carboxylic acids is 2. The van der Waals surface area contributed by atoms with Crippen LogP contribution in [0.3, 0.4) is 0 Å². The number of anilines is 1. The molecule has 3 aromatic rings. The molecule has 0 fully saturated rings. The van der Waals surface area contributed by atoms with E-state index >= 15 is 0 Å². The fourth-order valence-corrected chi connectivity index (χ4v) is 4.49. The Morgan fingerprint density at radius 1 is 1.00 bits per heavy atom. The summed E-state index contributed by atoms with van der Waals surface area (Å²) in [5, 5.41) is 3.87. The summed E-state index contributed by atoms with van der Waals surface area (Å²) in [5.41, 5.74) is 3.00. The number of benzene rings is 3. The number of para-hydroxylation sites is 1. The van der Waals surface area contributed by atoms with Gasteiger partial charge in [-0.05, 0) is 42.0 Å². The van der Waals surface area contributed by atoms with E-state index in [2.05, 4.69) is 10.3 Å². The zero-order chi connectivity index (χ0) is 22.1. The van der Waals surface area contributed by atoms with Crippen LogP contribution in [0, 0.1) is 0 Å². The Labute approximate surface area is 194 Å². The molecule has 0 unspecified atom stereocenters. The van der Waals surface area contributed by atoms with Crippen LogP contribution in [-0.2, 0) is 9.59 Å². The number of aliphatic imine (C=N–C) groups is 2. The lowest BCUT2D eigenvalue weighted by Crippen LogP contribution is -2.40. The molecule has 0 bridgehead atoms. The average Bonchev–Trinajstić information content (AvgIpc) is 3.17. The predicted octanol–water partition coefficient (Wildman–Crippen LogP) is 5.04. The molecule has 0 radical (unpaired) electrons. The number of fused-ring (bicyclic) bond motifs is 3. The SMILES string of the molecule is O=C(CSC1=Nc2ccccc2C2=N[C@@H](c3ccccc3)C(=O)N12)Nc1ccc(Cl)cc1. The second-order valence-electron chi connectivity index (χ2n) is 7.19. The van der Waals surface area contributed by atoms with E-state index in [0.29, 0.717) is 21.7 Å². The Bertz CT molecular complexity index is 1260. The fourth-order valence-electron chi connectivity index (χ4n) is 3.56. The monoisotopic (exact) mass is 460 g/mol. The molecule has 1 N–H and O–H groups in total. The van der Waals surface area contributed by atoms with Gasteiger partial charge in [0.25, 0.3) is 5.91 Å². The molecule has 32 heavy (non-hydrogen) atoms. The summed E-state index contributed by atoms with van der Waals surface area (Å²) in [4.78, 5) is 36.8. The van der Waals surface area contributed by atoms with E-state index in [4.69, 9.17) is 16.6 Å². The number of thioether (sulfide) groups is 1. The quantitative estimate of drug-likeness (QED) is 0.592. The molecule has 2 amide bonds. The maximum absolute atomic E-state index is 13.3. The zero-order valence-corrected chi connectivity index (χ0v) is 18.3. The van der Waals surface area contributed by atoms with E-state index in [-0.39, 0.29) is 17.6 Å². The zero-order valence-electron chi connectivity index (χ0n) is 16.7. The average molecular weight is 461 g/mol. The highest BCUT2D eigenvalue weighted by Crippen LogP contribution is 2.37. The maximum Gasteiger partial charge on any atom is 0.263 e. The Hall–Kier alpha value is -3.42. The highest BCUT2D eigenvalue weighted by molar-refractivity contribution is 8.14. The fraction of sp³-hybridized carbons (Fsp3) is 0.0833. The summed E-state index contributed by atoms with van der Waals surface area (Å²) < 4.78 is 0. The number of hydrogen-bond donors (Lipinski definition) is 1. The van der Waals surface area contributed by atoms with E-state index in [1.807, 2.05) is 54.6 Å². The van der Waals surface area contributed by atoms with E-state index in [9.17, 15) is 9.59 Å². The van der Waals surface area contributed by atoms with Crippen molar-refractivity contribution in [3.8, 4) is 0 Å². The van der Waals surface area contributed by atoms with Gasteiger partial charge in [-0.25, -0.2) is 14.9 Å². The second kappa shape index (κ2) is 8.61. The van der Waals surface area contributed by atoms with Gasteiger partial charge in [-0.1, -0.05) is 65.8 Å². The smallest absolute Gasteiger partial charge is 0.263 e. The Morgan fingerprint density at radius 2 is 1.72 bits per heavy atom. The Balaban J connectivity index is 1.40. The van der Waals surface area contributed by atoms with E-state index < -0.39 is 6.04 Å². The van der Waals surface area contributed by atoms with Crippen molar-refractivity contribution in [2.45, 2.75) is 6.04 Å². The summed E-state index contributed by atoms with van der Waals surface area (Å²) in [6.07, 6.45) is 0. The standard InChI is InChI=1S/C24H17ClN4O2S/c25-16-10-12-17(13-11-16)26-20(30)14-32-24-27-19-9-5-4-8-18(19)22-28-21(23(31)29(22)24)15-6-2-1-3-7-15/h1-13,21H,14H2,(H,26,30)/t21-/m0/s1. The second-order valence-corrected chi connectivity index (χ2v) is 8.57. The van der Waals surface area contributed by atoms with Crippen LogP contribution < -0.4 is 5.32 Å². The van der Waals surface area contributed by atoms with Crippen LogP contribution in [0.2, 0.25) is 5.02 Å². The van der Waals surface area contributed by atoms with Crippen molar-refractivity contribution in [2.75, 3.05) is 11.1 Å². The molecule has 5 rings (SSSR count). The minimum absolute atomic E-state index is 0.0939. The van der Waals surface area contributed by atoms with Crippen molar-refractivity contribution >= 4 is 57.6 Å². The van der Waals surface area contributed by atoms with Crippen molar-refractivity contribution < 1.29 is 9.59 Å².